The van der Waals surface area contributed by atoms with Gasteiger partial charge in [0.1, 0.15) is 6.04 Å². The molecule has 2 aliphatic carbocycles. The Morgan fingerprint density at radius 2 is 1.86 bits per heavy atom. The third-order valence-electron chi connectivity index (χ3n) is 7.33. The zero-order valence-corrected chi connectivity index (χ0v) is 15.2. The first kappa shape index (κ1) is 17.7. The monoisotopic (exact) mass is 310 g/mol. The topological polar surface area (TPSA) is 55.6 Å². The van der Waals surface area contributed by atoms with Crippen LogP contribution in [-0.2, 0) is 9.53 Å². The van der Waals surface area contributed by atoms with E-state index in [-0.39, 0.29) is 22.3 Å². The highest BCUT2D eigenvalue weighted by molar-refractivity contribution is 5.78. The van der Waals surface area contributed by atoms with E-state index in [1.807, 2.05) is 6.92 Å². The third-order valence-corrected chi connectivity index (χ3v) is 7.33. The number of likely N-dealkylation sites (N-methyl/N-ethyl adjacent to an activating group) is 1. The molecular formula is C18H34N2O2. The first-order chi connectivity index (χ1) is 10.2. The molecule has 4 heteroatoms. The molecule has 2 aliphatic rings. The fraction of sp³-hybridized carbons (Fsp3) is 0.944. The minimum atomic E-state index is -0.568. The van der Waals surface area contributed by atoms with Gasteiger partial charge in [-0.05, 0) is 56.0 Å². The van der Waals surface area contributed by atoms with Crippen LogP contribution >= 0.6 is 0 Å². The highest BCUT2D eigenvalue weighted by Gasteiger charge is 2.72. The lowest BCUT2D eigenvalue weighted by molar-refractivity contribution is -0.155. The number of nitrogens with zero attached hydrogens (tertiary/aromatic N) is 1. The van der Waals surface area contributed by atoms with Gasteiger partial charge in [0.25, 0.3) is 0 Å². The Kier molecular flexibility index (Phi) is 4.67. The van der Waals surface area contributed by atoms with Gasteiger partial charge in [-0.1, -0.05) is 34.6 Å². The van der Waals surface area contributed by atoms with E-state index in [9.17, 15) is 4.79 Å². The van der Waals surface area contributed by atoms with Crippen LogP contribution in [0.3, 0.4) is 0 Å². The molecule has 0 aromatic heterocycles. The largest absolute Gasteiger partial charge is 0.465 e. The molecule has 0 aliphatic heterocycles. The van der Waals surface area contributed by atoms with Crippen molar-refractivity contribution < 1.29 is 9.53 Å². The predicted octanol–water partition coefficient (Wildman–Crippen LogP) is 2.80. The van der Waals surface area contributed by atoms with Crippen LogP contribution in [0.1, 0.15) is 60.8 Å². The van der Waals surface area contributed by atoms with Crippen LogP contribution in [0.5, 0.6) is 0 Å². The van der Waals surface area contributed by atoms with Gasteiger partial charge in [-0.3, -0.25) is 9.69 Å². The summed E-state index contributed by atoms with van der Waals surface area (Å²) in [4.78, 5) is 15.0. The van der Waals surface area contributed by atoms with Gasteiger partial charge in [-0.25, -0.2) is 0 Å². The van der Waals surface area contributed by atoms with Crippen LogP contribution in [0.4, 0.5) is 0 Å². The zero-order valence-electron chi connectivity index (χ0n) is 15.2. The van der Waals surface area contributed by atoms with Crippen molar-refractivity contribution in [2.45, 2.75) is 72.4 Å². The highest BCUT2D eigenvalue weighted by atomic mass is 16.5. The van der Waals surface area contributed by atoms with E-state index in [1.165, 1.54) is 6.42 Å². The number of hydrogen-bond donors (Lipinski definition) is 1. The summed E-state index contributed by atoms with van der Waals surface area (Å²) in [5.74, 6) is 0.401. The Hall–Kier alpha value is -0.610. The van der Waals surface area contributed by atoms with Crippen molar-refractivity contribution in [3.05, 3.63) is 0 Å². The van der Waals surface area contributed by atoms with E-state index in [0.717, 1.165) is 25.9 Å². The van der Waals surface area contributed by atoms with E-state index >= 15 is 0 Å². The maximum absolute atomic E-state index is 12.5. The zero-order chi connectivity index (χ0) is 16.8. The van der Waals surface area contributed by atoms with E-state index in [4.69, 9.17) is 10.5 Å². The number of ether oxygens (including phenoxy) is 1. The number of hydrogen-bond acceptors (Lipinski definition) is 4. The number of esters is 1. The van der Waals surface area contributed by atoms with Crippen LogP contribution in [0.2, 0.25) is 0 Å². The smallest absolute Gasteiger partial charge is 0.324 e. The molecule has 2 bridgehead atoms. The number of nitrogens with two attached hydrogens (primary N) is 1. The number of rotatable bonds is 6. The van der Waals surface area contributed by atoms with Gasteiger partial charge in [0.15, 0.2) is 0 Å². The van der Waals surface area contributed by atoms with Crippen molar-refractivity contribution in [3.63, 3.8) is 0 Å². The van der Waals surface area contributed by atoms with E-state index in [2.05, 4.69) is 39.5 Å². The molecule has 0 radical (unpaired) electrons. The van der Waals surface area contributed by atoms with E-state index < -0.39 is 6.04 Å². The van der Waals surface area contributed by atoms with Crippen LogP contribution in [-0.4, -0.2) is 42.1 Å². The Bertz CT molecular complexity index is 433. The predicted molar refractivity (Wildman–Crippen MR) is 89.5 cm³/mol. The minimum absolute atomic E-state index is 0.0445. The molecule has 0 saturated heterocycles. The summed E-state index contributed by atoms with van der Waals surface area (Å²) >= 11 is 0. The lowest BCUT2D eigenvalue weighted by Crippen LogP contribution is -2.70. The molecule has 0 aromatic rings. The molecule has 0 heterocycles. The molecule has 2 fully saturated rings. The average Bonchev–Trinajstić information content (AvgIpc) is 2.80. The van der Waals surface area contributed by atoms with Crippen molar-refractivity contribution in [2.24, 2.45) is 22.5 Å². The average molecular weight is 310 g/mol. The Morgan fingerprint density at radius 3 is 2.23 bits per heavy atom. The second-order valence-electron chi connectivity index (χ2n) is 7.82. The number of fused-ring (bicyclic) bond motifs is 2. The summed E-state index contributed by atoms with van der Waals surface area (Å²) in [5, 5.41) is 0. The highest BCUT2D eigenvalue weighted by Crippen LogP contribution is 2.71. The molecule has 22 heavy (non-hydrogen) atoms. The maximum Gasteiger partial charge on any atom is 0.324 e. The summed E-state index contributed by atoms with van der Waals surface area (Å²) in [5.41, 5.74) is 6.54. The molecule has 4 unspecified atom stereocenters. The number of carbonyl (C=O) groups is 1. The van der Waals surface area contributed by atoms with Crippen molar-refractivity contribution in [1.82, 2.24) is 4.90 Å². The fourth-order valence-corrected chi connectivity index (χ4v) is 5.69. The Labute approximate surface area is 135 Å². The third kappa shape index (κ3) is 1.99. The second kappa shape index (κ2) is 5.79. The first-order valence-electron chi connectivity index (χ1n) is 8.90. The van der Waals surface area contributed by atoms with Gasteiger partial charge in [0.2, 0.25) is 0 Å². The van der Waals surface area contributed by atoms with Gasteiger partial charge in [0, 0.05) is 0 Å². The van der Waals surface area contributed by atoms with Crippen molar-refractivity contribution >= 4 is 5.97 Å². The molecule has 0 amide bonds. The lowest BCUT2D eigenvalue weighted by Gasteiger charge is -2.56. The van der Waals surface area contributed by atoms with Gasteiger partial charge < -0.3 is 10.5 Å². The summed E-state index contributed by atoms with van der Waals surface area (Å²) in [6, 6.07) is -0.568. The minimum Gasteiger partial charge on any atom is -0.465 e. The SMILES string of the molecule is CCOC(=O)C(N)C1(N(CC)CC)CC2CCC1(C)C2(C)C. The second-order valence-corrected chi connectivity index (χ2v) is 7.82. The first-order valence-corrected chi connectivity index (χ1v) is 8.90. The number of carbonyl (C=O) groups excluding carboxylic acids is 1. The van der Waals surface area contributed by atoms with Gasteiger partial charge in [-0.2, -0.15) is 0 Å². The van der Waals surface area contributed by atoms with E-state index in [0.29, 0.717) is 12.5 Å². The van der Waals surface area contributed by atoms with E-state index in [1.54, 1.807) is 0 Å². The Balaban J connectivity index is 2.52. The van der Waals surface area contributed by atoms with Crippen LogP contribution in [0.15, 0.2) is 0 Å². The molecular weight excluding hydrogens is 276 g/mol. The van der Waals surface area contributed by atoms with Crippen molar-refractivity contribution in [3.8, 4) is 0 Å². The lowest BCUT2D eigenvalue weighted by atomic mass is 9.59. The molecule has 0 spiro atoms. The van der Waals surface area contributed by atoms with Crippen LogP contribution < -0.4 is 5.73 Å². The standard InChI is InChI=1S/C18H34N2O2/c1-7-20(8-2)18(14(19)15(21)22-9-3)12-13-10-11-17(18,6)16(13,4)5/h13-14H,7-12,19H2,1-6H3. The van der Waals surface area contributed by atoms with Crippen molar-refractivity contribution in [2.75, 3.05) is 19.7 Å². The maximum atomic E-state index is 12.5. The molecule has 4 nitrogen and oxygen atoms in total. The molecule has 128 valence electrons. The van der Waals surface area contributed by atoms with Crippen LogP contribution in [0.25, 0.3) is 0 Å². The fourth-order valence-electron chi connectivity index (χ4n) is 5.69. The summed E-state index contributed by atoms with van der Waals surface area (Å²) in [6.45, 7) is 15.5. The summed E-state index contributed by atoms with van der Waals surface area (Å²) < 4.78 is 5.31. The molecule has 2 N–H and O–H groups in total. The molecule has 2 rings (SSSR count). The normalized spacial score (nSPS) is 37.5. The van der Waals surface area contributed by atoms with Crippen LogP contribution in [0, 0.1) is 16.7 Å². The van der Waals surface area contributed by atoms with Gasteiger partial charge >= 0.3 is 5.97 Å². The molecule has 0 aromatic carbocycles. The molecule has 4 atom stereocenters. The summed E-state index contributed by atoms with van der Waals surface area (Å²) in [6.07, 6.45) is 3.41. The quantitative estimate of drug-likeness (QED) is 0.767. The van der Waals surface area contributed by atoms with Crippen molar-refractivity contribution in [1.29, 1.82) is 0 Å². The molecule has 2 saturated carbocycles. The van der Waals surface area contributed by atoms with Gasteiger partial charge in [-0.15, -0.1) is 0 Å². The Morgan fingerprint density at radius 1 is 1.27 bits per heavy atom. The van der Waals surface area contributed by atoms with Gasteiger partial charge in [0.05, 0.1) is 12.1 Å². The summed E-state index contributed by atoms with van der Waals surface area (Å²) in [7, 11) is 0.